The van der Waals surface area contributed by atoms with E-state index in [1.54, 1.807) is 31.4 Å². The summed E-state index contributed by atoms with van der Waals surface area (Å²) in [6.45, 7) is 4.97. The van der Waals surface area contributed by atoms with E-state index >= 15 is 0 Å². The van der Waals surface area contributed by atoms with Gasteiger partial charge in [-0.1, -0.05) is 29.3 Å². The van der Waals surface area contributed by atoms with Gasteiger partial charge >= 0.3 is 0 Å². The SMILES string of the molecule is CON1CCC2(CC1)C(=O)C(Cl)(c1cc(C)c(C)cc1Cl)C(=O)N2C. The number of likely N-dealkylation sites (tertiary alicyclic amines) is 1. The summed E-state index contributed by atoms with van der Waals surface area (Å²) in [6, 6.07) is 3.52. The van der Waals surface area contributed by atoms with Gasteiger partial charge in [-0.2, -0.15) is 5.06 Å². The lowest BCUT2D eigenvalue weighted by Crippen LogP contribution is -2.55. The first-order valence-corrected chi connectivity index (χ1v) is 9.02. The molecular formula is C18H22Cl2N2O3. The smallest absolute Gasteiger partial charge is 0.256 e. The number of amides is 1. The third-order valence-electron chi connectivity index (χ3n) is 5.74. The van der Waals surface area contributed by atoms with Gasteiger partial charge in [0.2, 0.25) is 4.87 Å². The minimum atomic E-state index is -1.76. The Morgan fingerprint density at radius 1 is 1.12 bits per heavy atom. The largest absolute Gasteiger partial charge is 0.331 e. The van der Waals surface area contributed by atoms with E-state index in [-0.39, 0.29) is 5.78 Å². The molecule has 0 aliphatic carbocycles. The molecule has 25 heavy (non-hydrogen) atoms. The Bertz CT molecular complexity index is 744. The fraction of sp³-hybridized carbons (Fsp3) is 0.556. The highest BCUT2D eigenvalue weighted by Gasteiger charge is 2.66. The zero-order valence-corrected chi connectivity index (χ0v) is 16.4. The number of carbonyl (C=O) groups excluding carboxylic acids is 2. The molecule has 2 fully saturated rings. The highest BCUT2D eigenvalue weighted by Crippen LogP contribution is 2.50. The number of nitrogens with zero attached hydrogens (tertiary/aromatic N) is 2. The zero-order chi connectivity index (χ0) is 18.6. The van der Waals surface area contributed by atoms with Crippen molar-refractivity contribution >= 4 is 34.9 Å². The predicted molar refractivity (Wildman–Crippen MR) is 96.8 cm³/mol. The molecular weight excluding hydrogens is 363 g/mol. The van der Waals surface area contributed by atoms with Crippen molar-refractivity contribution in [2.24, 2.45) is 0 Å². The monoisotopic (exact) mass is 384 g/mol. The molecule has 136 valence electrons. The Morgan fingerprint density at radius 2 is 1.68 bits per heavy atom. The van der Waals surface area contributed by atoms with Crippen molar-refractivity contribution in [3.63, 3.8) is 0 Å². The van der Waals surface area contributed by atoms with Crippen LogP contribution in [0.5, 0.6) is 0 Å². The van der Waals surface area contributed by atoms with Crippen LogP contribution < -0.4 is 0 Å². The van der Waals surface area contributed by atoms with Crippen LogP contribution in [0.3, 0.4) is 0 Å². The van der Waals surface area contributed by atoms with Crippen LogP contribution in [0.15, 0.2) is 12.1 Å². The molecule has 0 aromatic heterocycles. The van der Waals surface area contributed by atoms with Crippen molar-refractivity contribution in [2.75, 3.05) is 27.2 Å². The molecule has 2 aliphatic heterocycles. The van der Waals surface area contributed by atoms with E-state index in [4.69, 9.17) is 28.0 Å². The Morgan fingerprint density at radius 3 is 2.24 bits per heavy atom. The van der Waals surface area contributed by atoms with Gasteiger partial charge < -0.3 is 9.74 Å². The molecule has 3 rings (SSSR count). The number of hydrogen-bond acceptors (Lipinski definition) is 4. The second kappa shape index (κ2) is 6.23. The number of carbonyl (C=O) groups is 2. The summed E-state index contributed by atoms with van der Waals surface area (Å²) in [7, 11) is 3.26. The molecule has 1 unspecified atom stereocenters. The second-order valence-electron chi connectivity index (χ2n) is 6.91. The standard InChI is InChI=1S/C18H22Cl2N2O3/c1-11-9-13(14(19)10-12(11)2)18(20)15(23)17(21(3)16(18)24)5-7-22(25-4)8-6-17/h9-10H,5-8H2,1-4H3. The van der Waals surface area contributed by atoms with Gasteiger partial charge in [-0.3, -0.25) is 9.59 Å². The molecule has 5 nitrogen and oxygen atoms in total. The van der Waals surface area contributed by atoms with Crippen LogP contribution in [0.2, 0.25) is 5.02 Å². The number of Topliss-reactive ketones (excluding diaryl/α,β-unsaturated/α-hetero) is 1. The van der Waals surface area contributed by atoms with E-state index < -0.39 is 16.3 Å². The third kappa shape index (κ3) is 2.52. The number of rotatable bonds is 2. The molecule has 1 amide bonds. The molecule has 0 N–H and O–H groups in total. The molecule has 2 heterocycles. The Labute approximate surface area is 157 Å². The van der Waals surface area contributed by atoms with Gasteiger partial charge in [0.1, 0.15) is 5.54 Å². The summed E-state index contributed by atoms with van der Waals surface area (Å²) in [5, 5.41) is 2.13. The summed E-state index contributed by atoms with van der Waals surface area (Å²) in [5.41, 5.74) is 1.41. The van der Waals surface area contributed by atoms with Gasteiger partial charge in [-0.15, -0.1) is 0 Å². The van der Waals surface area contributed by atoms with Crippen molar-refractivity contribution in [1.29, 1.82) is 0 Å². The highest BCUT2D eigenvalue weighted by molar-refractivity contribution is 6.50. The Balaban J connectivity index is 2.08. The van der Waals surface area contributed by atoms with Crippen LogP contribution in [0.4, 0.5) is 0 Å². The van der Waals surface area contributed by atoms with E-state index in [0.717, 1.165) is 11.1 Å². The summed E-state index contributed by atoms with van der Waals surface area (Å²) < 4.78 is 0. The number of halogens is 2. The topological polar surface area (TPSA) is 49.9 Å². The van der Waals surface area contributed by atoms with E-state index in [2.05, 4.69) is 0 Å². The van der Waals surface area contributed by atoms with E-state index in [9.17, 15) is 9.59 Å². The van der Waals surface area contributed by atoms with Crippen LogP contribution in [-0.2, 0) is 19.3 Å². The normalized spacial score (nSPS) is 26.7. The number of likely N-dealkylation sites (N-methyl/N-ethyl adjacent to an activating group) is 1. The molecule has 1 spiro atoms. The maximum Gasteiger partial charge on any atom is 0.256 e. The first kappa shape index (κ1) is 18.6. The number of ketones is 1. The maximum absolute atomic E-state index is 13.5. The second-order valence-corrected chi connectivity index (χ2v) is 7.89. The minimum Gasteiger partial charge on any atom is -0.331 e. The van der Waals surface area contributed by atoms with Crippen LogP contribution in [-0.4, -0.2) is 54.4 Å². The maximum atomic E-state index is 13.5. The number of aryl methyl sites for hydroxylation is 2. The predicted octanol–water partition coefficient (Wildman–Crippen LogP) is 2.83. The number of hydrogen-bond donors (Lipinski definition) is 0. The van der Waals surface area contributed by atoms with E-state index in [0.29, 0.717) is 36.5 Å². The van der Waals surface area contributed by atoms with E-state index in [1.807, 2.05) is 13.8 Å². The Hall–Kier alpha value is -1.14. The lowest BCUT2D eigenvalue weighted by atomic mass is 9.79. The van der Waals surface area contributed by atoms with Gasteiger partial charge in [0.25, 0.3) is 5.91 Å². The summed E-state index contributed by atoms with van der Waals surface area (Å²) >= 11 is 13.1. The summed E-state index contributed by atoms with van der Waals surface area (Å²) in [5.74, 6) is -0.690. The summed E-state index contributed by atoms with van der Waals surface area (Å²) in [4.78, 5) is 31.5. The van der Waals surface area contributed by atoms with Crippen LogP contribution in [0.1, 0.15) is 29.5 Å². The molecule has 7 heteroatoms. The number of alkyl halides is 1. The fourth-order valence-corrected chi connectivity index (χ4v) is 4.75. The first-order valence-electron chi connectivity index (χ1n) is 8.27. The van der Waals surface area contributed by atoms with Gasteiger partial charge in [-0.25, -0.2) is 0 Å². The minimum absolute atomic E-state index is 0.282. The molecule has 0 bridgehead atoms. The molecule has 2 saturated heterocycles. The third-order valence-corrected chi connectivity index (χ3v) is 6.59. The Kier molecular flexibility index (Phi) is 4.65. The molecule has 0 radical (unpaired) electrons. The fourth-order valence-electron chi connectivity index (χ4n) is 3.88. The molecule has 2 aliphatic rings. The average molecular weight is 385 g/mol. The number of hydroxylamine groups is 2. The van der Waals surface area contributed by atoms with Crippen LogP contribution in [0.25, 0.3) is 0 Å². The van der Waals surface area contributed by atoms with Crippen molar-refractivity contribution in [3.05, 3.63) is 33.8 Å². The van der Waals surface area contributed by atoms with Crippen molar-refractivity contribution in [2.45, 2.75) is 37.1 Å². The van der Waals surface area contributed by atoms with Crippen LogP contribution >= 0.6 is 23.2 Å². The first-order chi connectivity index (χ1) is 11.7. The zero-order valence-electron chi connectivity index (χ0n) is 14.9. The lowest BCUT2D eigenvalue weighted by molar-refractivity contribution is -0.165. The molecule has 1 atom stereocenters. The van der Waals surface area contributed by atoms with Crippen molar-refractivity contribution in [3.8, 4) is 0 Å². The number of benzene rings is 1. The molecule has 1 aromatic carbocycles. The highest BCUT2D eigenvalue weighted by atomic mass is 35.5. The van der Waals surface area contributed by atoms with Crippen molar-refractivity contribution in [1.82, 2.24) is 9.96 Å². The molecule has 0 saturated carbocycles. The average Bonchev–Trinajstić information content (AvgIpc) is 2.74. The van der Waals surface area contributed by atoms with E-state index in [1.165, 1.54) is 4.90 Å². The quantitative estimate of drug-likeness (QED) is 0.580. The van der Waals surface area contributed by atoms with Crippen LogP contribution in [0, 0.1) is 13.8 Å². The van der Waals surface area contributed by atoms with Gasteiger partial charge in [-0.05, 0) is 43.9 Å². The van der Waals surface area contributed by atoms with Crippen molar-refractivity contribution < 1.29 is 14.4 Å². The van der Waals surface area contributed by atoms with Gasteiger partial charge in [0.05, 0.1) is 7.11 Å². The number of piperidine rings is 1. The summed E-state index contributed by atoms with van der Waals surface area (Å²) in [6.07, 6.45) is 0.970. The van der Waals surface area contributed by atoms with Gasteiger partial charge in [0, 0.05) is 30.7 Å². The molecule has 1 aromatic rings. The lowest BCUT2D eigenvalue weighted by Gasteiger charge is -2.40. The van der Waals surface area contributed by atoms with Gasteiger partial charge in [0.15, 0.2) is 5.78 Å².